The number of H-pyrrole nitrogens is 1. The molecule has 0 bridgehead atoms. The Labute approximate surface area is 154 Å². The summed E-state index contributed by atoms with van der Waals surface area (Å²) < 4.78 is 0. The average molecular weight is 344 g/mol. The number of aromatic nitrogens is 1. The van der Waals surface area contributed by atoms with Gasteiger partial charge in [-0.1, -0.05) is 48.6 Å². The molecule has 0 spiro atoms. The number of allylic oxidation sites excluding steroid dienone is 4. The highest BCUT2D eigenvalue weighted by molar-refractivity contribution is 5.95. The molecule has 132 valence electrons. The molecule has 2 aromatic carbocycles. The van der Waals surface area contributed by atoms with Crippen molar-refractivity contribution in [2.45, 2.75) is 20.3 Å². The Morgan fingerprint density at radius 3 is 2.69 bits per heavy atom. The molecule has 0 aliphatic rings. The third-order valence-corrected chi connectivity index (χ3v) is 4.47. The first-order valence-corrected chi connectivity index (χ1v) is 8.95. The van der Waals surface area contributed by atoms with Crippen LogP contribution in [0, 0.1) is 0 Å². The summed E-state index contributed by atoms with van der Waals surface area (Å²) in [6.07, 6.45) is 8.92. The van der Waals surface area contributed by atoms with E-state index < -0.39 is 0 Å². The van der Waals surface area contributed by atoms with Crippen LogP contribution in [0.25, 0.3) is 16.5 Å². The van der Waals surface area contributed by atoms with Crippen LogP contribution >= 0.6 is 0 Å². The molecule has 0 fully saturated rings. The molecular formula is C23H24N2O. The van der Waals surface area contributed by atoms with E-state index in [0.717, 1.165) is 23.1 Å². The first-order chi connectivity index (χ1) is 12.7. The lowest BCUT2D eigenvalue weighted by molar-refractivity contribution is 0.0954. The predicted octanol–water partition coefficient (Wildman–Crippen LogP) is 5.12. The minimum absolute atomic E-state index is 0.0392. The number of carbonyl (C=O) groups excluding carboxylic acids is 1. The number of nitrogens with one attached hydrogen (secondary N) is 2. The smallest absolute Gasteiger partial charge is 0.251 e. The van der Waals surface area contributed by atoms with Crippen LogP contribution in [0.15, 0.2) is 73.0 Å². The number of fused-ring (bicyclic) bond motifs is 1. The van der Waals surface area contributed by atoms with Crippen LogP contribution in [0.2, 0.25) is 0 Å². The van der Waals surface area contributed by atoms with Crippen molar-refractivity contribution < 1.29 is 4.79 Å². The second kappa shape index (κ2) is 8.34. The highest BCUT2D eigenvalue weighted by Crippen LogP contribution is 2.19. The van der Waals surface area contributed by atoms with Gasteiger partial charge in [-0.05, 0) is 55.2 Å². The maximum absolute atomic E-state index is 12.5. The molecule has 3 nitrogen and oxygen atoms in total. The van der Waals surface area contributed by atoms with Crippen LogP contribution in [0.5, 0.6) is 0 Å². The summed E-state index contributed by atoms with van der Waals surface area (Å²) in [5, 5.41) is 4.24. The maximum atomic E-state index is 12.5. The Morgan fingerprint density at radius 2 is 1.88 bits per heavy atom. The van der Waals surface area contributed by atoms with Gasteiger partial charge in [0.15, 0.2) is 0 Å². The van der Waals surface area contributed by atoms with Gasteiger partial charge in [-0.15, -0.1) is 0 Å². The fraction of sp³-hybridized carbons (Fsp3) is 0.174. The summed E-state index contributed by atoms with van der Waals surface area (Å²) >= 11 is 0. The van der Waals surface area contributed by atoms with E-state index in [9.17, 15) is 4.79 Å². The maximum Gasteiger partial charge on any atom is 0.251 e. The number of para-hydroxylation sites is 1. The number of amides is 1. The van der Waals surface area contributed by atoms with Crippen LogP contribution in [-0.4, -0.2) is 17.4 Å². The largest absolute Gasteiger partial charge is 0.361 e. The Hall–Kier alpha value is -3.07. The van der Waals surface area contributed by atoms with Crippen molar-refractivity contribution in [1.82, 2.24) is 10.3 Å². The van der Waals surface area contributed by atoms with Gasteiger partial charge in [0.1, 0.15) is 0 Å². The zero-order valence-corrected chi connectivity index (χ0v) is 15.3. The van der Waals surface area contributed by atoms with E-state index >= 15 is 0 Å². The third-order valence-electron chi connectivity index (χ3n) is 4.47. The predicted molar refractivity (Wildman–Crippen MR) is 109 cm³/mol. The molecule has 3 heteroatoms. The lowest BCUT2D eigenvalue weighted by atomic mass is 10.0. The van der Waals surface area contributed by atoms with Crippen molar-refractivity contribution in [2.75, 3.05) is 6.54 Å². The van der Waals surface area contributed by atoms with Crippen LogP contribution in [0.4, 0.5) is 0 Å². The molecular weight excluding hydrogens is 320 g/mol. The van der Waals surface area contributed by atoms with Gasteiger partial charge in [-0.2, -0.15) is 0 Å². The van der Waals surface area contributed by atoms with E-state index in [1.807, 2.05) is 74.7 Å². The molecule has 0 saturated carbocycles. The zero-order chi connectivity index (χ0) is 18.4. The molecule has 0 unspecified atom stereocenters. The summed E-state index contributed by atoms with van der Waals surface area (Å²) in [7, 11) is 0. The van der Waals surface area contributed by atoms with Crippen molar-refractivity contribution in [3.63, 3.8) is 0 Å². The molecule has 0 saturated heterocycles. The second-order valence-corrected chi connectivity index (χ2v) is 6.19. The van der Waals surface area contributed by atoms with E-state index in [1.54, 1.807) is 0 Å². The van der Waals surface area contributed by atoms with Gasteiger partial charge >= 0.3 is 0 Å². The Balaban J connectivity index is 1.65. The zero-order valence-electron chi connectivity index (χ0n) is 15.3. The topological polar surface area (TPSA) is 44.9 Å². The summed E-state index contributed by atoms with van der Waals surface area (Å²) in [6.45, 7) is 4.60. The highest BCUT2D eigenvalue weighted by Gasteiger charge is 2.08. The van der Waals surface area contributed by atoms with Gasteiger partial charge in [-0.3, -0.25) is 4.79 Å². The Kier molecular flexibility index (Phi) is 5.69. The first kappa shape index (κ1) is 17.7. The summed E-state index contributed by atoms with van der Waals surface area (Å²) in [6, 6.07) is 16.0. The van der Waals surface area contributed by atoms with Gasteiger partial charge in [-0.25, -0.2) is 0 Å². The van der Waals surface area contributed by atoms with Gasteiger partial charge in [0.25, 0.3) is 5.91 Å². The molecule has 1 aromatic heterocycles. The fourth-order valence-electron chi connectivity index (χ4n) is 3.13. The summed E-state index contributed by atoms with van der Waals surface area (Å²) in [4.78, 5) is 15.8. The van der Waals surface area contributed by atoms with E-state index in [2.05, 4.69) is 22.4 Å². The molecule has 3 aromatic rings. The average Bonchev–Trinajstić information content (AvgIpc) is 3.09. The summed E-state index contributed by atoms with van der Waals surface area (Å²) in [5.41, 5.74) is 5.20. The van der Waals surface area contributed by atoms with E-state index in [-0.39, 0.29) is 5.91 Å². The first-order valence-electron chi connectivity index (χ1n) is 8.95. The molecule has 1 amide bonds. The van der Waals surface area contributed by atoms with Crippen LogP contribution in [-0.2, 0) is 6.42 Å². The van der Waals surface area contributed by atoms with Crippen LogP contribution in [0.1, 0.15) is 35.3 Å². The van der Waals surface area contributed by atoms with E-state index in [1.165, 1.54) is 10.9 Å². The number of carbonyl (C=O) groups is 1. The fourth-order valence-corrected chi connectivity index (χ4v) is 3.13. The number of rotatable bonds is 6. The van der Waals surface area contributed by atoms with Gasteiger partial charge < -0.3 is 10.3 Å². The number of benzene rings is 2. The van der Waals surface area contributed by atoms with Crippen molar-refractivity contribution in [3.8, 4) is 0 Å². The Bertz CT molecular complexity index is 963. The molecule has 0 radical (unpaired) electrons. The molecule has 0 atom stereocenters. The van der Waals surface area contributed by atoms with Gasteiger partial charge in [0.05, 0.1) is 0 Å². The van der Waals surface area contributed by atoms with Crippen molar-refractivity contribution >= 4 is 22.4 Å². The Morgan fingerprint density at radius 1 is 1.08 bits per heavy atom. The van der Waals surface area contributed by atoms with Crippen molar-refractivity contribution in [3.05, 3.63) is 89.6 Å². The molecule has 0 aliphatic carbocycles. The number of aromatic amines is 1. The lowest BCUT2D eigenvalue weighted by Crippen LogP contribution is -2.25. The van der Waals surface area contributed by atoms with Crippen molar-refractivity contribution in [1.29, 1.82) is 0 Å². The SMILES string of the molecule is C/C=C\C(=C/C)c1cccc(C(=O)NCCc2c[nH]c3ccccc23)c1. The summed E-state index contributed by atoms with van der Waals surface area (Å²) in [5.74, 6) is -0.0392. The molecule has 2 N–H and O–H groups in total. The third kappa shape index (κ3) is 3.94. The molecule has 0 aliphatic heterocycles. The quantitative estimate of drug-likeness (QED) is 0.599. The van der Waals surface area contributed by atoms with Gasteiger partial charge in [0.2, 0.25) is 0 Å². The lowest BCUT2D eigenvalue weighted by Gasteiger charge is -2.08. The monoisotopic (exact) mass is 344 g/mol. The molecule has 3 rings (SSSR count). The molecule has 26 heavy (non-hydrogen) atoms. The van der Waals surface area contributed by atoms with E-state index in [4.69, 9.17) is 0 Å². The minimum atomic E-state index is -0.0392. The van der Waals surface area contributed by atoms with Gasteiger partial charge in [0, 0.05) is 29.2 Å². The standard InChI is InChI=1S/C23H24N2O/c1-3-8-17(4-2)18-9-7-10-19(15-18)23(26)24-14-13-20-16-25-22-12-6-5-11-21(20)22/h3-12,15-16,25H,13-14H2,1-2H3,(H,24,26)/b8-3-,17-4+. The normalized spacial score (nSPS) is 12.0. The number of hydrogen-bond acceptors (Lipinski definition) is 1. The van der Waals surface area contributed by atoms with Crippen molar-refractivity contribution in [2.24, 2.45) is 0 Å². The van der Waals surface area contributed by atoms with Crippen LogP contribution in [0.3, 0.4) is 0 Å². The highest BCUT2D eigenvalue weighted by atomic mass is 16.1. The molecule has 1 heterocycles. The van der Waals surface area contributed by atoms with E-state index in [0.29, 0.717) is 12.1 Å². The number of hydrogen-bond donors (Lipinski definition) is 2. The minimum Gasteiger partial charge on any atom is -0.361 e. The van der Waals surface area contributed by atoms with Crippen LogP contribution < -0.4 is 5.32 Å². The second-order valence-electron chi connectivity index (χ2n) is 6.19.